The topological polar surface area (TPSA) is 58.6 Å². The first-order valence-electron chi connectivity index (χ1n) is 8.42. The van der Waals surface area contributed by atoms with Crippen LogP contribution in [0, 0.1) is 5.92 Å². The number of sulfonamides is 1. The minimum atomic E-state index is -3.16. The summed E-state index contributed by atoms with van der Waals surface area (Å²) in [6.45, 7) is 4.75. The van der Waals surface area contributed by atoms with Gasteiger partial charge in [0.2, 0.25) is 10.0 Å². The van der Waals surface area contributed by atoms with Crippen LogP contribution in [0.15, 0.2) is 30.3 Å². The average Bonchev–Trinajstić information content (AvgIpc) is 2.58. The first-order chi connectivity index (χ1) is 11.1. The first kappa shape index (κ1) is 16.9. The van der Waals surface area contributed by atoms with Gasteiger partial charge in [0.05, 0.1) is 19.0 Å². The van der Waals surface area contributed by atoms with Crippen LogP contribution in [0.3, 0.4) is 0 Å². The molecule has 1 heterocycles. The van der Waals surface area contributed by atoms with Gasteiger partial charge in [0, 0.05) is 25.7 Å². The highest BCUT2D eigenvalue weighted by Gasteiger charge is 2.38. The maximum absolute atomic E-state index is 12.3. The third-order valence-corrected chi connectivity index (χ3v) is 7.01. The quantitative estimate of drug-likeness (QED) is 0.852. The van der Waals surface area contributed by atoms with Crippen LogP contribution in [-0.4, -0.2) is 57.4 Å². The van der Waals surface area contributed by atoms with E-state index in [-0.39, 0.29) is 5.75 Å². The van der Waals surface area contributed by atoms with E-state index in [2.05, 4.69) is 36.5 Å². The lowest BCUT2D eigenvalue weighted by Gasteiger charge is -2.44. The molecule has 5 nitrogen and oxygen atoms in total. The maximum atomic E-state index is 12.3. The predicted molar refractivity (Wildman–Crippen MR) is 90.9 cm³/mol. The number of benzene rings is 1. The van der Waals surface area contributed by atoms with E-state index in [0.29, 0.717) is 50.7 Å². The molecule has 3 rings (SSSR count). The molecule has 3 atom stereocenters. The van der Waals surface area contributed by atoms with Crippen LogP contribution in [0.25, 0.3) is 0 Å². The highest BCUT2D eigenvalue weighted by molar-refractivity contribution is 7.89. The van der Waals surface area contributed by atoms with Crippen LogP contribution in [0.5, 0.6) is 0 Å². The molecule has 1 aromatic carbocycles. The monoisotopic (exact) mass is 338 g/mol. The molecular formula is C17H26N2O3S. The summed E-state index contributed by atoms with van der Waals surface area (Å²) < 4.78 is 31.3. The number of rotatable bonds is 6. The van der Waals surface area contributed by atoms with Gasteiger partial charge in [-0.05, 0) is 23.8 Å². The largest absolute Gasteiger partial charge is 0.379 e. The normalized spacial score (nSPS) is 29.2. The Morgan fingerprint density at radius 3 is 2.57 bits per heavy atom. The van der Waals surface area contributed by atoms with Crippen molar-refractivity contribution in [2.45, 2.75) is 25.3 Å². The summed E-state index contributed by atoms with van der Waals surface area (Å²) in [6, 6.07) is 11.0. The van der Waals surface area contributed by atoms with Crippen molar-refractivity contribution in [1.29, 1.82) is 0 Å². The molecule has 2 fully saturated rings. The molecule has 0 aromatic heterocycles. The van der Waals surface area contributed by atoms with E-state index in [1.807, 2.05) is 6.07 Å². The van der Waals surface area contributed by atoms with Crippen molar-refractivity contribution in [3.05, 3.63) is 35.9 Å². The molecule has 1 N–H and O–H groups in total. The van der Waals surface area contributed by atoms with Crippen molar-refractivity contribution in [3.63, 3.8) is 0 Å². The van der Waals surface area contributed by atoms with Crippen LogP contribution in [0.1, 0.15) is 24.8 Å². The summed E-state index contributed by atoms with van der Waals surface area (Å²) in [5.41, 5.74) is 1.39. The number of hydrogen-bond donors (Lipinski definition) is 1. The first-order valence-corrected chi connectivity index (χ1v) is 10.0. The van der Waals surface area contributed by atoms with Crippen molar-refractivity contribution in [3.8, 4) is 0 Å². The zero-order valence-electron chi connectivity index (χ0n) is 13.6. The van der Waals surface area contributed by atoms with E-state index in [1.165, 1.54) is 5.56 Å². The predicted octanol–water partition coefficient (Wildman–Crippen LogP) is 1.43. The lowest BCUT2D eigenvalue weighted by atomic mass is 9.67. The zero-order valence-corrected chi connectivity index (χ0v) is 14.5. The Balaban J connectivity index is 1.43. The number of morpholine rings is 1. The molecule has 23 heavy (non-hydrogen) atoms. The summed E-state index contributed by atoms with van der Waals surface area (Å²) in [7, 11) is -3.16. The van der Waals surface area contributed by atoms with Crippen LogP contribution in [0.4, 0.5) is 0 Å². The minimum absolute atomic E-state index is 0.173. The Bertz CT molecular complexity index is 600. The summed E-state index contributed by atoms with van der Waals surface area (Å²) >= 11 is 0. The van der Waals surface area contributed by atoms with Crippen molar-refractivity contribution in [2.75, 3.05) is 38.6 Å². The van der Waals surface area contributed by atoms with Gasteiger partial charge in [-0.2, -0.15) is 4.31 Å². The second kappa shape index (κ2) is 7.30. The number of ether oxygens (including phenoxy) is 1. The third-order valence-electron chi connectivity index (χ3n) is 5.13. The highest BCUT2D eigenvalue weighted by Crippen LogP contribution is 2.42. The number of nitrogens with zero attached hydrogens (tertiary/aromatic N) is 1. The fourth-order valence-corrected chi connectivity index (χ4v) is 4.86. The molecule has 6 heteroatoms. The molecule has 1 aromatic rings. The number of nitrogens with one attached hydrogen (secondary N) is 1. The lowest BCUT2D eigenvalue weighted by Crippen LogP contribution is -2.50. The molecular weight excluding hydrogens is 312 g/mol. The molecule has 0 spiro atoms. The molecule has 2 aliphatic rings. The van der Waals surface area contributed by atoms with Crippen LogP contribution >= 0.6 is 0 Å². The smallest absolute Gasteiger partial charge is 0.215 e. The summed E-state index contributed by atoms with van der Waals surface area (Å²) in [5, 5.41) is 3.43. The molecule has 128 valence electrons. The van der Waals surface area contributed by atoms with Gasteiger partial charge in [-0.15, -0.1) is 0 Å². The Morgan fingerprint density at radius 1 is 1.22 bits per heavy atom. The van der Waals surface area contributed by atoms with E-state index in [0.717, 1.165) is 6.42 Å². The molecule has 0 bridgehead atoms. The van der Waals surface area contributed by atoms with Crippen LogP contribution in [-0.2, 0) is 14.8 Å². The SMILES string of the molecule is C[C@@H]1[C@@H](NCCS(=O)(=O)N2CCOCC2)C[C@@H]1c1ccccc1. The van der Waals surface area contributed by atoms with E-state index >= 15 is 0 Å². The Labute approximate surface area is 139 Å². The van der Waals surface area contributed by atoms with Gasteiger partial charge in [-0.1, -0.05) is 37.3 Å². The fourth-order valence-electron chi connectivity index (χ4n) is 3.52. The van der Waals surface area contributed by atoms with Crippen molar-refractivity contribution in [1.82, 2.24) is 9.62 Å². The van der Waals surface area contributed by atoms with Crippen molar-refractivity contribution in [2.24, 2.45) is 5.92 Å². The van der Waals surface area contributed by atoms with E-state index in [1.54, 1.807) is 4.31 Å². The molecule has 1 aliphatic carbocycles. The Hall–Kier alpha value is -0.950. The molecule has 0 unspecified atom stereocenters. The van der Waals surface area contributed by atoms with Crippen LogP contribution in [0.2, 0.25) is 0 Å². The Kier molecular flexibility index (Phi) is 5.36. The van der Waals surface area contributed by atoms with E-state index < -0.39 is 10.0 Å². The van der Waals surface area contributed by atoms with Gasteiger partial charge in [0.1, 0.15) is 0 Å². The maximum Gasteiger partial charge on any atom is 0.215 e. The zero-order chi connectivity index (χ0) is 16.3. The molecule has 1 saturated heterocycles. The molecule has 0 radical (unpaired) electrons. The standard InChI is InChI=1S/C17H26N2O3S/c1-14-16(15-5-3-2-4-6-15)13-17(14)18-7-12-23(20,21)19-8-10-22-11-9-19/h2-6,14,16-18H,7-13H2,1H3/t14-,16-,17-/m0/s1. The second-order valence-electron chi connectivity index (χ2n) is 6.50. The summed E-state index contributed by atoms with van der Waals surface area (Å²) in [6.07, 6.45) is 1.09. The third kappa shape index (κ3) is 3.94. The summed E-state index contributed by atoms with van der Waals surface area (Å²) in [4.78, 5) is 0. The Morgan fingerprint density at radius 2 is 1.91 bits per heavy atom. The average molecular weight is 338 g/mol. The second-order valence-corrected chi connectivity index (χ2v) is 8.59. The van der Waals surface area contributed by atoms with Gasteiger partial charge in [0.15, 0.2) is 0 Å². The van der Waals surface area contributed by atoms with Crippen molar-refractivity contribution >= 4 is 10.0 Å². The molecule has 1 aliphatic heterocycles. The van der Waals surface area contributed by atoms with Gasteiger partial charge < -0.3 is 10.1 Å². The highest BCUT2D eigenvalue weighted by atomic mass is 32.2. The van der Waals surface area contributed by atoms with Crippen molar-refractivity contribution < 1.29 is 13.2 Å². The molecule has 0 amide bonds. The van der Waals surface area contributed by atoms with Crippen LogP contribution < -0.4 is 5.32 Å². The minimum Gasteiger partial charge on any atom is -0.379 e. The summed E-state index contributed by atoms with van der Waals surface area (Å²) in [5.74, 6) is 1.31. The fraction of sp³-hybridized carbons (Fsp3) is 0.647. The lowest BCUT2D eigenvalue weighted by molar-refractivity contribution is 0.0730. The number of hydrogen-bond acceptors (Lipinski definition) is 4. The molecule has 1 saturated carbocycles. The van der Waals surface area contributed by atoms with E-state index in [4.69, 9.17) is 4.74 Å². The van der Waals surface area contributed by atoms with E-state index in [9.17, 15) is 8.42 Å². The van der Waals surface area contributed by atoms with Gasteiger partial charge in [-0.25, -0.2) is 8.42 Å². The van der Waals surface area contributed by atoms with Gasteiger partial charge in [-0.3, -0.25) is 0 Å². The van der Waals surface area contributed by atoms with Gasteiger partial charge in [0.25, 0.3) is 0 Å². The van der Waals surface area contributed by atoms with Gasteiger partial charge >= 0.3 is 0 Å².